The number of benzene rings is 1. The molecule has 3 aromatic rings. The van der Waals surface area contributed by atoms with Crippen molar-refractivity contribution >= 4 is 34.2 Å². The van der Waals surface area contributed by atoms with E-state index in [-0.39, 0.29) is 17.9 Å². The largest absolute Gasteiger partial charge is 0.450 e. The average molecular weight is 426 g/mol. The van der Waals surface area contributed by atoms with Crippen LogP contribution in [-0.4, -0.2) is 59.2 Å². The van der Waals surface area contributed by atoms with E-state index < -0.39 is 0 Å². The number of aromatic nitrogens is 1. The zero-order valence-corrected chi connectivity index (χ0v) is 18.2. The molecule has 3 heterocycles. The minimum absolute atomic E-state index is 0.0120. The van der Waals surface area contributed by atoms with Crippen LogP contribution in [0, 0.1) is 0 Å². The van der Waals surface area contributed by atoms with E-state index in [9.17, 15) is 9.59 Å². The first-order chi connectivity index (χ1) is 14.6. The van der Waals surface area contributed by atoms with E-state index in [1.807, 2.05) is 24.1 Å². The Kier molecular flexibility index (Phi) is 6.08. The van der Waals surface area contributed by atoms with Crippen molar-refractivity contribution in [3.63, 3.8) is 0 Å². The first-order valence-corrected chi connectivity index (χ1v) is 11.3. The number of carbonyl (C=O) groups excluding carboxylic acids is 2. The van der Waals surface area contributed by atoms with E-state index in [1.54, 1.807) is 23.2 Å². The van der Waals surface area contributed by atoms with Crippen LogP contribution in [0.15, 0.2) is 47.3 Å². The summed E-state index contributed by atoms with van der Waals surface area (Å²) in [6, 6.07) is 10.4. The van der Waals surface area contributed by atoms with Crippen molar-refractivity contribution in [3.8, 4) is 0 Å². The highest BCUT2D eigenvalue weighted by Crippen LogP contribution is 2.35. The molecule has 4 rings (SSSR count). The summed E-state index contributed by atoms with van der Waals surface area (Å²) in [5.41, 5.74) is 3.53. The minimum atomic E-state index is -0.295. The summed E-state index contributed by atoms with van der Waals surface area (Å²) in [6.07, 6.45) is 2.28. The predicted octanol–water partition coefficient (Wildman–Crippen LogP) is 4.06. The maximum absolute atomic E-state index is 13.2. The van der Waals surface area contributed by atoms with Crippen LogP contribution in [0.4, 0.5) is 4.79 Å². The number of aryl methyl sites for hydroxylation is 1. The molecule has 1 aliphatic heterocycles. The maximum Gasteiger partial charge on any atom is 0.409 e. The van der Waals surface area contributed by atoms with Gasteiger partial charge in [0, 0.05) is 62.7 Å². The number of hydrogen-bond acceptors (Lipinski definition) is 4. The van der Waals surface area contributed by atoms with Crippen molar-refractivity contribution in [2.24, 2.45) is 7.05 Å². The molecule has 2 aromatic heterocycles. The average Bonchev–Trinajstić information content (AvgIpc) is 3.41. The van der Waals surface area contributed by atoms with Gasteiger partial charge in [-0.15, -0.1) is 0 Å². The second-order valence-corrected chi connectivity index (χ2v) is 8.37. The van der Waals surface area contributed by atoms with Crippen LogP contribution < -0.4 is 0 Å². The van der Waals surface area contributed by atoms with E-state index in [0.717, 1.165) is 0 Å². The van der Waals surface area contributed by atoms with E-state index in [0.29, 0.717) is 39.2 Å². The molecule has 0 spiro atoms. The molecule has 1 atom stereocenters. The van der Waals surface area contributed by atoms with Gasteiger partial charge in [0.2, 0.25) is 5.91 Å². The summed E-state index contributed by atoms with van der Waals surface area (Å²) >= 11 is 1.66. The number of carbonyl (C=O) groups is 2. The maximum atomic E-state index is 13.2. The topological polar surface area (TPSA) is 54.8 Å². The predicted molar refractivity (Wildman–Crippen MR) is 119 cm³/mol. The third-order valence-electron chi connectivity index (χ3n) is 5.79. The fourth-order valence-corrected chi connectivity index (χ4v) is 4.90. The molecule has 1 saturated heterocycles. The molecule has 0 aliphatic carbocycles. The summed E-state index contributed by atoms with van der Waals surface area (Å²) in [7, 11) is 2.05. The van der Waals surface area contributed by atoms with Crippen LogP contribution in [0.25, 0.3) is 10.9 Å². The Morgan fingerprint density at radius 2 is 1.83 bits per heavy atom. The van der Waals surface area contributed by atoms with Crippen LogP contribution in [0.3, 0.4) is 0 Å². The van der Waals surface area contributed by atoms with Gasteiger partial charge in [0.25, 0.3) is 0 Å². The van der Waals surface area contributed by atoms with Gasteiger partial charge < -0.3 is 19.1 Å². The van der Waals surface area contributed by atoms with Gasteiger partial charge in [0.15, 0.2) is 0 Å². The second-order valence-electron chi connectivity index (χ2n) is 7.59. The van der Waals surface area contributed by atoms with E-state index in [1.165, 1.54) is 22.0 Å². The van der Waals surface area contributed by atoms with Gasteiger partial charge in [-0.25, -0.2) is 4.79 Å². The molecule has 1 aliphatic rings. The Morgan fingerprint density at radius 1 is 1.10 bits per heavy atom. The number of rotatable bonds is 5. The quantitative estimate of drug-likeness (QED) is 0.619. The third-order valence-corrected chi connectivity index (χ3v) is 6.49. The highest BCUT2D eigenvalue weighted by atomic mass is 32.1. The lowest BCUT2D eigenvalue weighted by molar-refractivity contribution is -0.133. The Bertz CT molecular complexity index is 1020. The third kappa shape index (κ3) is 4.07. The molecular weight excluding hydrogens is 398 g/mol. The Morgan fingerprint density at radius 3 is 2.53 bits per heavy atom. The monoisotopic (exact) mass is 425 g/mol. The molecule has 1 aromatic carbocycles. The number of para-hydroxylation sites is 1. The Balaban J connectivity index is 1.53. The molecule has 0 bridgehead atoms. The zero-order valence-electron chi connectivity index (χ0n) is 17.4. The number of nitrogens with zero attached hydrogens (tertiary/aromatic N) is 3. The second kappa shape index (κ2) is 8.92. The van der Waals surface area contributed by atoms with Gasteiger partial charge in [-0.2, -0.15) is 11.3 Å². The van der Waals surface area contributed by atoms with Crippen molar-refractivity contribution in [1.82, 2.24) is 14.4 Å². The number of hydrogen-bond donors (Lipinski definition) is 0. The number of amides is 2. The van der Waals surface area contributed by atoms with E-state index >= 15 is 0 Å². The van der Waals surface area contributed by atoms with Crippen molar-refractivity contribution in [2.75, 3.05) is 32.8 Å². The van der Waals surface area contributed by atoms with Gasteiger partial charge in [-0.05, 0) is 40.9 Å². The molecular formula is C23H27N3O3S. The molecule has 1 unspecified atom stereocenters. The first kappa shape index (κ1) is 20.5. The minimum Gasteiger partial charge on any atom is -0.450 e. The molecule has 0 N–H and O–H groups in total. The summed E-state index contributed by atoms with van der Waals surface area (Å²) in [6.45, 7) is 4.29. The molecule has 30 heavy (non-hydrogen) atoms. The van der Waals surface area contributed by atoms with Gasteiger partial charge in [0.05, 0.1) is 6.61 Å². The lowest BCUT2D eigenvalue weighted by Gasteiger charge is -2.34. The Hall–Kier alpha value is -2.80. The van der Waals surface area contributed by atoms with E-state index in [4.69, 9.17) is 4.74 Å². The fraction of sp³-hybridized carbons (Fsp3) is 0.391. The SMILES string of the molecule is CCOC(=O)N1CCN(C(=O)CC(c2ccsc2)c2cn(C)c3ccccc23)CC1. The van der Waals surface area contributed by atoms with Gasteiger partial charge in [-0.3, -0.25) is 4.79 Å². The fourth-order valence-electron chi connectivity index (χ4n) is 4.19. The van der Waals surface area contributed by atoms with E-state index in [2.05, 4.69) is 39.7 Å². The Labute approximate surface area is 180 Å². The molecule has 7 heteroatoms. The summed E-state index contributed by atoms with van der Waals surface area (Å²) < 4.78 is 7.21. The van der Waals surface area contributed by atoms with Crippen LogP contribution in [0.2, 0.25) is 0 Å². The molecule has 0 saturated carbocycles. The molecule has 2 amide bonds. The van der Waals surface area contributed by atoms with Crippen LogP contribution in [-0.2, 0) is 16.6 Å². The standard InChI is InChI=1S/C23H27N3O3S/c1-3-29-23(28)26-11-9-25(10-12-26)22(27)14-19(17-8-13-30-16-17)20-15-24(2)21-7-5-4-6-18(20)21/h4-8,13,15-16,19H,3,9-12,14H2,1-2H3. The summed E-state index contributed by atoms with van der Waals surface area (Å²) in [5.74, 6) is 0.139. The molecule has 158 valence electrons. The van der Waals surface area contributed by atoms with Crippen LogP contribution in [0.1, 0.15) is 30.4 Å². The van der Waals surface area contributed by atoms with Gasteiger partial charge in [-0.1, -0.05) is 18.2 Å². The number of piperazine rings is 1. The van der Waals surface area contributed by atoms with Crippen LogP contribution in [0.5, 0.6) is 0 Å². The number of ether oxygens (including phenoxy) is 1. The zero-order chi connectivity index (χ0) is 21.1. The summed E-state index contributed by atoms with van der Waals surface area (Å²) in [5, 5.41) is 5.39. The molecule has 0 radical (unpaired) electrons. The van der Waals surface area contributed by atoms with Crippen molar-refractivity contribution in [2.45, 2.75) is 19.3 Å². The summed E-state index contributed by atoms with van der Waals surface area (Å²) in [4.78, 5) is 28.7. The van der Waals surface area contributed by atoms with Gasteiger partial charge in [0.1, 0.15) is 0 Å². The van der Waals surface area contributed by atoms with Crippen molar-refractivity contribution in [3.05, 3.63) is 58.4 Å². The lowest BCUT2D eigenvalue weighted by atomic mass is 9.89. The highest BCUT2D eigenvalue weighted by Gasteiger charge is 2.28. The molecule has 6 nitrogen and oxygen atoms in total. The first-order valence-electron chi connectivity index (χ1n) is 10.3. The van der Waals surface area contributed by atoms with Crippen LogP contribution >= 0.6 is 11.3 Å². The lowest BCUT2D eigenvalue weighted by Crippen LogP contribution is -2.50. The normalized spacial score (nSPS) is 15.4. The number of thiophene rings is 1. The molecule has 1 fully saturated rings. The van der Waals surface area contributed by atoms with Crippen molar-refractivity contribution < 1.29 is 14.3 Å². The van der Waals surface area contributed by atoms with Gasteiger partial charge >= 0.3 is 6.09 Å². The van der Waals surface area contributed by atoms with Crippen molar-refractivity contribution in [1.29, 1.82) is 0 Å². The number of fused-ring (bicyclic) bond motifs is 1. The smallest absolute Gasteiger partial charge is 0.409 e. The highest BCUT2D eigenvalue weighted by molar-refractivity contribution is 7.08.